The molecule has 1 aliphatic heterocycles. The lowest BCUT2D eigenvalue weighted by atomic mass is 10.1. The number of fused-ring (bicyclic) bond motifs is 1. The predicted octanol–water partition coefficient (Wildman–Crippen LogP) is 1.28. The largest absolute Gasteiger partial charge is 0.361 e. The molecule has 0 aliphatic carbocycles. The number of rotatable bonds is 3. The van der Waals surface area contributed by atoms with Crippen molar-refractivity contribution >= 4 is 11.8 Å². The minimum Gasteiger partial charge on any atom is -0.361 e. The molecule has 0 bridgehead atoms. The zero-order valence-corrected chi connectivity index (χ0v) is 8.40. The van der Waals surface area contributed by atoms with Crippen molar-refractivity contribution in [1.82, 2.24) is 4.90 Å². The molecule has 0 unspecified atom stereocenters. The minimum atomic E-state index is -0.274. The highest BCUT2D eigenvalue weighted by Crippen LogP contribution is 2.21. The average molecular weight is 205 g/mol. The number of carbonyl (C=O) groups excluding carboxylic acids is 2. The van der Waals surface area contributed by atoms with Crippen molar-refractivity contribution in [2.24, 2.45) is 0 Å². The quantitative estimate of drug-likeness (QED) is 0.698. The molecule has 0 spiro atoms. The third kappa shape index (κ3) is 1.53. The zero-order chi connectivity index (χ0) is 10.8. The fourth-order valence-corrected chi connectivity index (χ4v) is 1.54. The number of imide groups is 1. The monoisotopic (exact) mass is 205 g/mol. The topological polar surface area (TPSA) is 46.6 Å². The van der Waals surface area contributed by atoms with Crippen LogP contribution in [0.15, 0.2) is 24.3 Å². The Kier molecular flexibility index (Phi) is 2.51. The summed E-state index contributed by atoms with van der Waals surface area (Å²) in [6, 6.07) is 6.80. The summed E-state index contributed by atoms with van der Waals surface area (Å²) in [4.78, 5) is 24.6. The fourth-order valence-electron chi connectivity index (χ4n) is 1.54. The number of hydrogen-bond donors (Lipinski definition) is 0. The van der Waals surface area contributed by atoms with E-state index in [4.69, 9.17) is 4.74 Å². The number of nitrogens with zero attached hydrogens (tertiary/aromatic N) is 1. The van der Waals surface area contributed by atoms with Gasteiger partial charge in [-0.25, -0.2) is 4.90 Å². The van der Waals surface area contributed by atoms with E-state index in [1.54, 1.807) is 24.3 Å². The van der Waals surface area contributed by atoms with Gasteiger partial charge in [0.05, 0.1) is 11.1 Å². The van der Waals surface area contributed by atoms with E-state index >= 15 is 0 Å². The molecule has 0 atom stereocenters. The van der Waals surface area contributed by atoms with Crippen molar-refractivity contribution in [3.05, 3.63) is 35.4 Å². The fraction of sp³-hybridized carbons (Fsp3) is 0.273. The van der Waals surface area contributed by atoms with E-state index in [0.29, 0.717) is 17.7 Å². The van der Waals surface area contributed by atoms with E-state index < -0.39 is 0 Å². The van der Waals surface area contributed by atoms with Gasteiger partial charge >= 0.3 is 0 Å². The highest BCUT2D eigenvalue weighted by atomic mass is 16.5. The lowest BCUT2D eigenvalue weighted by Crippen LogP contribution is -2.32. The second-order valence-electron chi connectivity index (χ2n) is 3.21. The average Bonchev–Trinajstić information content (AvgIpc) is 2.51. The van der Waals surface area contributed by atoms with Gasteiger partial charge in [-0.1, -0.05) is 12.1 Å². The Balaban J connectivity index is 2.29. The molecule has 1 aliphatic rings. The molecule has 15 heavy (non-hydrogen) atoms. The van der Waals surface area contributed by atoms with E-state index in [1.807, 2.05) is 6.92 Å². The van der Waals surface area contributed by atoms with Gasteiger partial charge in [0.2, 0.25) is 0 Å². The third-order valence-corrected chi connectivity index (χ3v) is 2.30. The second-order valence-corrected chi connectivity index (χ2v) is 3.21. The van der Waals surface area contributed by atoms with Crippen LogP contribution in [-0.2, 0) is 4.74 Å². The molecule has 78 valence electrons. The Hall–Kier alpha value is -1.68. The normalized spacial score (nSPS) is 14.6. The molecule has 0 N–H and O–H groups in total. The molecule has 1 aromatic carbocycles. The van der Waals surface area contributed by atoms with E-state index in [0.717, 1.165) is 4.90 Å². The smallest absolute Gasteiger partial charge is 0.263 e. The Morgan fingerprint density at radius 3 is 2.13 bits per heavy atom. The molecular weight excluding hydrogens is 194 g/mol. The zero-order valence-electron chi connectivity index (χ0n) is 8.40. The van der Waals surface area contributed by atoms with Gasteiger partial charge in [0, 0.05) is 6.61 Å². The van der Waals surface area contributed by atoms with Gasteiger partial charge in [-0.3, -0.25) is 9.59 Å². The van der Waals surface area contributed by atoms with Gasteiger partial charge in [-0.2, -0.15) is 0 Å². The van der Waals surface area contributed by atoms with Crippen LogP contribution in [0.3, 0.4) is 0 Å². The molecule has 2 amide bonds. The molecule has 1 heterocycles. The molecule has 2 rings (SSSR count). The van der Waals surface area contributed by atoms with E-state index in [-0.39, 0.29) is 18.5 Å². The highest BCUT2D eigenvalue weighted by Gasteiger charge is 2.34. The molecule has 4 heteroatoms. The van der Waals surface area contributed by atoms with Crippen LogP contribution in [0.5, 0.6) is 0 Å². The first-order chi connectivity index (χ1) is 7.25. The maximum absolute atomic E-state index is 11.7. The maximum Gasteiger partial charge on any atom is 0.263 e. The molecule has 4 nitrogen and oxygen atoms in total. The molecule has 0 aromatic heterocycles. The number of carbonyl (C=O) groups is 2. The van der Waals surface area contributed by atoms with E-state index in [2.05, 4.69) is 0 Å². The summed E-state index contributed by atoms with van der Waals surface area (Å²) >= 11 is 0. The SMILES string of the molecule is CCOCN1C(=O)c2ccccc2C1=O. The summed E-state index contributed by atoms with van der Waals surface area (Å²) in [5.41, 5.74) is 0.921. The highest BCUT2D eigenvalue weighted by molar-refractivity contribution is 6.21. The van der Waals surface area contributed by atoms with Crippen molar-refractivity contribution < 1.29 is 14.3 Å². The van der Waals surface area contributed by atoms with Gasteiger partial charge in [0.25, 0.3) is 11.8 Å². The molecule has 0 radical (unpaired) electrons. The van der Waals surface area contributed by atoms with E-state index in [9.17, 15) is 9.59 Å². The van der Waals surface area contributed by atoms with Crippen molar-refractivity contribution in [2.45, 2.75) is 6.92 Å². The Morgan fingerprint density at radius 1 is 1.13 bits per heavy atom. The first-order valence-corrected chi connectivity index (χ1v) is 4.78. The van der Waals surface area contributed by atoms with Crippen LogP contribution in [0.4, 0.5) is 0 Å². The number of benzene rings is 1. The summed E-state index contributed by atoms with van der Waals surface area (Å²) in [6.07, 6.45) is 0. The van der Waals surface area contributed by atoms with Crippen LogP contribution < -0.4 is 0 Å². The van der Waals surface area contributed by atoms with Gasteiger partial charge in [0.1, 0.15) is 6.73 Å². The first-order valence-electron chi connectivity index (χ1n) is 4.78. The van der Waals surface area contributed by atoms with Crippen LogP contribution in [-0.4, -0.2) is 30.1 Å². The first kappa shape index (κ1) is 9.86. The van der Waals surface area contributed by atoms with Gasteiger partial charge < -0.3 is 4.74 Å². The summed E-state index contributed by atoms with van der Waals surface area (Å²) < 4.78 is 5.07. The molecular formula is C11H11NO3. The van der Waals surface area contributed by atoms with E-state index in [1.165, 1.54) is 0 Å². The lowest BCUT2D eigenvalue weighted by molar-refractivity contribution is 0.0289. The second kappa shape index (κ2) is 3.82. The van der Waals surface area contributed by atoms with Crippen LogP contribution in [0.25, 0.3) is 0 Å². The predicted molar refractivity (Wildman–Crippen MR) is 53.4 cm³/mol. The van der Waals surface area contributed by atoms with Crippen LogP contribution in [0.2, 0.25) is 0 Å². The Morgan fingerprint density at radius 2 is 1.67 bits per heavy atom. The van der Waals surface area contributed by atoms with Crippen molar-refractivity contribution in [3.8, 4) is 0 Å². The lowest BCUT2D eigenvalue weighted by Gasteiger charge is -2.12. The Bertz CT molecular complexity index is 379. The Labute approximate surface area is 87.4 Å². The summed E-state index contributed by atoms with van der Waals surface area (Å²) in [6.45, 7) is 2.33. The van der Waals surface area contributed by atoms with Gasteiger partial charge in [-0.05, 0) is 19.1 Å². The van der Waals surface area contributed by atoms with Gasteiger partial charge in [-0.15, -0.1) is 0 Å². The van der Waals surface area contributed by atoms with Crippen molar-refractivity contribution in [2.75, 3.05) is 13.3 Å². The molecule has 0 fully saturated rings. The summed E-state index contributed by atoms with van der Waals surface area (Å²) in [5.74, 6) is -0.548. The van der Waals surface area contributed by atoms with Gasteiger partial charge in [0.15, 0.2) is 0 Å². The van der Waals surface area contributed by atoms with Crippen molar-refractivity contribution in [3.63, 3.8) is 0 Å². The van der Waals surface area contributed by atoms with Crippen molar-refractivity contribution in [1.29, 1.82) is 0 Å². The van der Waals surface area contributed by atoms with Crippen LogP contribution in [0, 0.1) is 0 Å². The van der Waals surface area contributed by atoms with Crippen LogP contribution >= 0.6 is 0 Å². The number of amides is 2. The molecule has 0 saturated carbocycles. The van der Waals surface area contributed by atoms with Crippen LogP contribution in [0.1, 0.15) is 27.6 Å². The summed E-state index contributed by atoms with van der Waals surface area (Å²) in [7, 11) is 0. The molecule has 0 saturated heterocycles. The number of ether oxygens (including phenoxy) is 1. The maximum atomic E-state index is 11.7. The standard InChI is InChI=1S/C11H11NO3/c1-2-15-7-12-10(13)8-5-3-4-6-9(8)11(12)14/h3-6H,2,7H2,1H3. The summed E-state index contributed by atoms with van der Waals surface area (Å²) in [5, 5.41) is 0. The molecule has 1 aromatic rings. The third-order valence-electron chi connectivity index (χ3n) is 2.30. The number of hydrogen-bond acceptors (Lipinski definition) is 3. The minimum absolute atomic E-state index is 0.0306.